The molecule has 1 aliphatic rings. The van der Waals surface area contributed by atoms with Crippen LogP contribution in [0.3, 0.4) is 0 Å². The van der Waals surface area contributed by atoms with Gasteiger partial charge < -0.3 is 4.90 Å². The number of benzene rings is 1. The predicted molar refractivity (Wildman–Crippen MR) is 62.3 cm³/mol. The fourth-order valence-corrected chi connectivity index (χ4v) is 2.04. The van der Waals surface area contributed by atoms with Crippen molar-refractivity contribution in [1.82, 2.24) is 0 Å². The van der Waals surface area contributed by atoms with Gasteiger partial charge in [-0.25, -0.2) is 4.39 Å². The molecule has 0 unspecified atom stereocenters. The molecule has 1 aliphatic heterocycles. The summed E-state index contributed by atoms with van der Waals surface area (Å²) >= 11 is 5.18. The van der Waals surface area contributed by atoms with Crippen molar-refractivity contribution in [3.63, 3.8) is 0 Å². The van der Waals surface area contributed by atoms with E-state index in [2.05, 4.69) is 0 Å². The Kier molecular flexibility index (Phi) is 3.54. The highest BCUT2D eigenvalue weighted by atomic mass is 35.5. The zero-order valence-corrected chi connectivity index (χ0v) is 10.2. The third kappa shape index (κ3) is 2.73. The second kappa shape index (κ2) is 4.85. The maximum Gasteiger partial charge on any atom is 0.427 e. The van der Waals surface area contributed by atoms with Gasteiger partial charge in [-0.3, -0.25) is 4.79 Å². The molecule has 2 nitrogen and oxygen atoms in total. The molecule has 1 saturated heterocycles. The first kappa shape index (κ1) is 13.9. The van der Waals surface area contributed by atoms with E-state index in [4.69, 9.17) is 11.6 Å². The van der Waals surface area contributed by atoms with E-state index < -0.39 is 28.5 Å². The Morgan fingerprint density at radius 3 is 2.58 bits per heavy atom. The fourth-order valence-electron chi connectivity index (χ4n) is 1.86. The van der Waals surface area contributed by atoms with Crippen LogP contribution in [0.25, 0.3) is 0 Å². The lowest BCUT2D eigenvalue weighted by Gasteiger charge is -2.15. The summed E-state index contributed by atoms with van der Waals surface area (Å²) < 4.78 is 50.4. The lowest BCUT2D eigenvalue weighted by molar-refractivity contribution is -0.115. The second-order valence-electron chi connectivity index (χ2n) is 3.98. The quantitative estimate of drug-likeness (QED) is 0.572. The van der Waals surface area contributed by atoms with E-state index in [1.807, 2.05) is 0 Å². The topological polar surface area (TPSA) is 20.3 Å². The summed E-state index contributed by atoms with van der Waals surface area (Å²) in [5, 5.41) is -1.41. The average Bonchev–Trinajstić information content (AvgIpc) is 2.69. The van der Waals surface area contributed by atoms with E-state index in [9.17, 15) is 22.4 Å². The van der Waals surface area contributed by atoms with Crippen molar-refractivity contribution in [3.05, 3.63) is 40.7 Å². The highest BCUT2D eigenvalue weighted by molar-refractivity contribution is 6.33. The molecule has 0 radical (unpaired) electrons. The number of alkyl halides is 3. The summed E-state index contributed by atoms with van der Waals surface area (Å²) in [6.07, 6.45) is -4.86. The van der Waals surface area contributed by atoms with Gasteiger partial charge in [0.1, 0.15) is 10.8 Å². The Labute approximate surface area is 111 Å². The summed E-state index contributed by atoms with van der Waals surface area (Å²) in [7, 11) is 0. The first-order chi connectivity index (χ1) is 8.80. The number of carbonyl (C=O) groups excluding carboxylic acids is 1. The average molecular weight is 294 g/mol. The maximum absolute atomic E-state index is 13.0. The summed E-state index contributed by atoms with van der Waals surface area (Å²) in [4.78, 5) is 12.9. The Morgan fingerprint density at radius 1 is 1.32 bits per heavy atom. The minimum atomic E-state index is -4.75. The van der Waals surface area contributed by atoms with Crippen molar-refractivity contribution < 1.29 is 22.4 Å². The molecule has 0 aromatic heterocycles. The van der Waals surface area contributed by atoms with E-state index in [1.165, 1.54) is 18.2 Å². The van der Waals surface area contributed by atoms with Crippen LogP contribution in [0.15, 0.2) is 34.9 Å². The van der Waals surface area contributed by atoms with Crippen molar-refractivity contribution >= 4 is 23.2 Å². The van der Waals surface area contributed by atoms with Crippen molar-refractivity contribution in [3.8, 4) is 0 Å². The van der Waals surface area contributed by atoms with Gasteiger partial charge >= 0.3 is 6.18 Å². The third-order valence-corrected chi connectivity index (χ3v) is 3.16. The Morgan fingerprint density at radius 2 is 2.00 bits per heavy atom. The molecule has 0 atom stereocenters. The van der Waals surface area contributed by atoms with Crippen molar-refractivity contribution in [2.45, 2.75) is 12.6 Å². The second-order valence-corrected chi connectivity index (χ2v) is 4.35. The van der Waals surface area contributed by atoms with Crippen LogP contribution in [0.2, 0.25) is 0 Å². The molecule has 0 N–H and O–H groups in total. The standard InChI is InChI=1S/C12H8ClF4NO/c13-10(12(15,16)17)9-4-5-18(11(9)19)8-3-1-2-7(14)6-8/h1-3,6H,4-5H2/b10-9-. The number of allylic oxidation sites excluding steroid dienone is 1. The highest BCUT2D eigenvalue weighted by Gasteiger charge is 2.40. The molecule has 0 spiro atoms. The molecule has 2 rings (SSSR count). The van der Waals surface area contributed by atoms with Crippen LogP contribution in [0.4, 0.5) is 23.2 Å². The van der Waals surface area contributed by atoms with E-state index in [0.717, 1.165) is 11.0 Å². The molecule has 19 heavy (non-hydrogen) atoms. The summed E-state index contributed by atoms with van der Waals surface area (Å²) in [5.41, 5.74) is -0.273. The number of amides is 1. The summed E-state index contributed by atoms with van der Waals surface area (Å²) in [6.45, 7) is 0.0456. The SMILES string of the molecule is O=C1/C(=C(\Cl)C(F)(F)F)CCN1c1cccc(F)c1. The first-order valence-electron chi connectivity index (χ1n) is 5.34. The van der Waals surface area contributed by atoms with Crippen LogP contribution in [-0.2, 0) is 4.79 Å². The molecule has 1 aromatic carbocycles. The minimum Gasteiger partial charge on any atom is -0.308 e. The van der Waals surface area contributed by atoms with Gasteiger partial charge in [-0.1, -0.05) is 17.7 Å². The Balaban J connectivity index is 2.33. The zero-order valence-electron chi connectivity index (χ0n) is 9.47. The van der Waals surface area contributed by atoms with Crippen molar-refractivity contribution in [2.75, 3.05) is 11.4 Å². The molecule has 102 valence electrons. The minimum absolute atomic E-state index is 0.0456. The molecule has 7 heteroatoms. The van der Waals surface area contributed by atoms with Crippen molar-refractivity contribution in [2.24, 2.45) is 0 Å². The number of rotatable bonds is 1. The molecule has 0 aliphatic carbocycles. The Hall–Kier alpha value is -1.56. The van der Waals surface area contributed by atoms with Crippen LogP contribution in [0.1, 0.15) is 6.42 Å². The Bertz CT molecular complexity index is 553. The maximum atomic E-state index is 13.0. The van der Waals surface area contributed by atoms with Gasteiger partial charge in [0.2, 0.25) is 0 Å². The number of carbonyl (C=O) groups is 1. The van der Waals surface area contributed by atoms with E-state index in [1.54, 1.807) is 0 Å². The molecular formula is C12H8ClF4NO. The largest absolute Gasteiger partial charge is 0.427 e. The fraction of sp³-hybridized carbons (Fsp3) is 0.250. The van der Waals surface area contributed by atoms with Crippen LogP contribution < -0.4 is 4.90 Å². The number of hydrogen-bond acceptors (Lipinski definition) is 1. The third-order valence-electron chi connectivity index (χ3n) is 2.72. The van der Waals surface area contributed by atoms with Gasteiger partial charge in [0.25, 0.3) is 5.91 Å². The first-order valence-corrected chi connectivity index (χ1v) is 5.72. The number of nitrogens with zero attached hydrogens (tertiary/aromatic N) is 1. The van der Waals surface area contributed by atoms with Crippen LogP contribution in [0, 0.1) is 5.82 Å². The van der Waals surface area contributed by atoms with Gasteiger partial charge in [-0.2, -0.15) is 13.2 Å². The van der Waals surface area contributed by atoms with Crippen molar-refractivity contribution in [1.29, 1.82) is 0 Å². The molecule has 1 amide bonds. The predicted octanol–water partition coefficient (Wildman–Crippen LogP) is 3.62. The van der Waals surface area contributed by atoms with E-state index in [-0.39, 0.29) is 18.7 Å². The van der Waals surface area contributed by atoms with E-state index >= 15 is 0 Å². The zero-order chi connectivity index (χ0) is 14.2. The lowest BCUT2D eigenvalue weighted by atomic mass is 10.2. The monoisotopic (exact) mass is 293 g/mol. The number of halogens is 5. The van der Waals surface area contributed by atoms with Gasteiger partial charge in [0.05, 0.1) is 0 Å². The highest BCUT2D eigenvalue weighted by Crippen LogP contribution is 2.36. The lowest BCUT2D eigenvalue weighted by Crippen LogP contribution is -2.25. The van der Waals surface area contributed by atoms with Crippen LogP contribution in [0.5, 0.6) is 0 Å². The smallest absolute Gasteiger partial charge is 0.308 e. The van der Waals surface area contributed by atoms with Gasteiger partial charge in [0.15, 0.2) is 0 Å². The van der Waals surface area contributed by atoms with Gasteiger partial charge in [-0.05, 0) is 24.6 Å². The van der Waals surface area contributed by atoms with Gasteiger partial charge in [0, 0.05) is 17.8 Å². The summed E-state index contributed by atoms with van der Waals surface area (Å²) in [5.74, 6) is -1.41. The molecule has 1 heterocycles. The number of hydrogen-bond donors (Lipinski definition) is 0. The number of anilines is 1. The van der Waals surface area contributed by atoms with Crippen LogP contribution in [-0.4, -0.2) is 18.6 Å². The molecular weight excluding hydrogens is 286 g/mol. The molecule has 1 fully saturated rings. The molecule has 0 saturated carbocycles. The summed E-state index contributed by atoms with van der Waals surface area (Å²) in [6, 6.07) is 5.10. The normalized spacial score (nSPS) is 19.0. The van der Waals surface area contributed by atoms with Crippen LogP contribution >= 0.6 is 11.6 Å². The van der Waals surface area contributed by atoms with Gasteiger partial charge in [-0.15, -0.1) is 0 Å². The molecule has 1 aromatic rings. The molecule has 0 bridgehead atoms. The van der Waals surface area contributed by atoms with E-state index in [0.29, 0.717) is 0 Å².